The van der Waals surface area contributed by atoms with Crippen LogP contribution in [0.25, 0.3) is 0 Å². The van der Waals surface area contributed by atoms with Gasteiger partial charge in [0.05, 0.1) is 16.3 Å². The molecule has 0 saturated carbocycles. The Kier molecular flexibility index (Phi) is 3.51. The predicted molar refractivity (Wildman–Crippen MR) is 52.9 cm³/mol. The Morgan fingerprint density at radius 3 is 2.67 bits per heavy atom. The van der Waals surface area contributed by atoms with Crippen molar-refractivity contribution in [1.29, 1.82) is 0 Å². The molecule has 2 N–H and O–H groups in total. The van der Waals surface area contributed by atoms with Gasteiger partial charge in [-0.2, -0.15) is 0 Å². The summed E-state index contributed by atoms with van der Waals surface area (Å²) in [6.07, 6.45) is -3.00. The van der Waals surface area contributed by atoms with Crippen molar-refractivity contribution in [3.05, 3.63) is 27.6 Å². The van der Waals surface area contributed by atoms with Gasteiger partial charge in [0, 0.05) is 11.4 Å². The Labute approximate surface area is 91.6 Å². The van der Waals surface area contributed by atoms with Crippen LogP contribution in [0.3, 0.4) is 0 Å². The second kappa shape index (κ2) is 4.47. The first-order valence-corrected chi connectivity index (χ1v) is 4.87. The number of rotatable bonds is 3. The second-order valence-electron chi connectivity index (χ2n) is 2.62. The minimum Gasteiger partial charge on any atom is -0.397 e. The van der Waals surface area contributed by atoms with E-state index in [0.717, 1.165) is 6.07 Å². The molecule has 1 aromatic rings. The molecule has 0 spiro atoms. The zero-order valence-corrected chi connectivity index (χ0v) is 8.87. The first kappa shape index (κ1) is 11.8. The summed E-state index contributed by atoms with van der Waals surface area (Å²) in [6, 6.07) is 0.894. The van der Waals surface area contributed by atoms with Gasteiger partial charge in [-0.1, -0.05) is 15.9 Å². The summed E-state index contributed by atoms with van der Waals surface area (Å²) in [4.78, 5) is 13.0. The van der Waals surface area contributed by atoms with E-state index in [1.54, 1.807) is 0 Å². The SMILES string of the molecule is Nc1cc([N+](=O)[O-])c(C(F)F)nc1CBr. The van der Waals surface area contributed by atoms with Gasteiger partial charge in [0.1, 0.15) is 0 Å². The van der Waals surface area contributed by atoms with Crippen molar-refractivity contribution in [2.24, 2.45) is 0 Å². The molecule has 1 heterocycles. The molecule has 0 saturated heterocycles. The van der Waals surface area contributed by atoms with E-state index in [9.17, 15) is 18.9 Å². The van der Waals surface area contributed by atoms with Gasteiger partial charge in [-0.05, 0) is 0 Å². The molecule has 0 atom stereocenters. The Morgan fingerprint density at radius 2 is 2.27 bits per heavy atom. The molecule has 0 aromatic carbocycles. The molecule has 0 fully saturated rings. The van der Waals surface area contributed by atoms with E-state index >= 15 is 0 Å². The monoisotopic (exact) mass is 281 g/mol. The zero-order valence-electron chi connectivity index (χ0n) is 7.28. The van der Waals surface area contributed by atoms with Crippen LogP contribution in [0, 0.1) is 10.1 Å². The molecular formula is C7H6BrF2N3O2. The van der Waals surface area contributed by atoms with Gasteiger partial charge in [-0.3, -0.25) is 10.1 Å². The average molecular weight is 282 g/mol. The van der Waals surface area contributed by atoms with Crippen LogP contribution >= 0.6 is 15.9 Å². The summed E-state index contributed by atoms with van der Waals surface area (Å²) in [7, 11) is 0. The molecule has 0 aliphatic rings. The van der Waals surface area contributed by atoms with Gasteiger partial charge in [-0.25, -0.2) is 13.8 Å². The number of aromatic nitrogens is 1. The first-order valence-electron chi connectivity index (χ1n) is 3.75. The van der Waals surface area contributed by atoms with Crippen molar-refractivity contribution in [2.45, 2.75) is 11.8 Å². The molecule has 0 bridgehead atoms. The molecule has 0 aliphatic carbocycles. The van der Waals surface area contributed by atoms with Crippen LogP contribution in [-0.2, 0) is 5.33 Å². The van der Waals surface area contributed by atoms with Crippen LogP contribution in [0.2, 0.25) is 0 Å². The summed E-state index contributed by atoms with van der Waals surface area (Å²) >= 11 is 3.00. The number of anilines is 1. The maximum absolute atomic E-state index is 12.4. The lowest BCUT2D eigenvalue weighted by atomic mass is 10.2. The lowest BCUT2D eigenvalue weighted by Gasteiger charge is -2.05. The lowest BCUT2D eigenvalue weighted by Crippen LogP contribution is -2.05. The number of hydrogen-bond acceptors (Lipinski definition) is 4. The van der Waals surface area contributed by atoms with Crippen LogP contribution in [0.4, 0.5) is 20.2 Å². The van der Waals surface area contributed by atoms with Crippen molar-refractivity contribution in [3.8, 4) is 0 Å². The topological polar surface area (TPSA) is 82.0 Å². The smallest absolute Gasteiger partial charge is 0.298 e. The highest BCUT2D eigenvalue weighted by Gasteiger charge is 2.25. The molecule has 0 radical (unpaired) electrons. The van der Waals surface area contributed by atoms with E-state index in [2.05, 4.69) is 20.9 Å². The fourth-order valence-electron chi connectivity index (χ4n) is 0.986. The van der Waals surface area contributed by atoms with Crippen molar-refractivity contribution < 1.29 is 13.7 Å². The van der Waals surface area contributed by atoms with Crippen molar-refractivity contribution in [2.75, 3.05) is 5.73 Å². The first-order chi connectivity index (χ1) is 6.97. The number of nitrogens with zero attached hydrogens (tertiary/aromatic N) is 2. The standard InChI is InChI=1S/C7H6BrF2N3O2/c8-2-4-3(11)1-5(13(14)15)6(12-4)7(9)10/h1,7H,2,11H2. The fraction of sp³-hybridized carbons (Fsp3) is 0.286. The predicted octanol–water partition coefficient (Wildman–Crippen LogP) is 2.40. The maximum atomic E-state index is 12.4. The molecule has 15 heavy (non-hydrogen) atoms. The van der Waals surface area contributed by atoms with Crippen LogP contribution in [0.5, 0.6) is 0 Å². The minimum atomic E-state index is -3.00. The molecular weight excluding hydrogens is 276 g/mol. The molecule has 1 rings (SSSR count). The Morgan fingerprint density at radius 1 is 1.67 bits per heavy atom. The number of alkyl halides is 3. The number of nitrogen functional groups attached to an aromatic ring is 1. The fourth-order valence-corrected chi connectivity index (χ4v) is 1.43. The van der Waals surface area contributed by atoms with E-state index in [1.165, 1.54) is 0 Å². The number of halogens is 3. The zero-order chi connectivity index (χ0) is 11.6. The summed E-state index contributed by atoms with van der Waals surface area (Å²) in [5.74, 6) is 0. The third-order valence-electron chi connectivity index (χ3n) is 1.67. The van der Waals surface area contributed by atoms with E-state index in [0.29, 0.717) is 0 Å². The highest BCUT2D eigenvalue weighted by atomic mass is 79.9. The summed E-state index contributed by atoms with van der Waals surface area (Å²) in [5.41, 5.74) is 3.96. The molecule has 0 amide bonds. The average Bonchev–Trinajstić information content (AvgIpc) is 2.16. The van der Waals surface area contributed by atoms with Crippen molar-refractivity contribution in [1.82, 2.24) is 4.98 Å². The minimum absolute atomic E-state index is 0.0166. The normalized spacial score (nSPS) is 10.7. The Balaban J connectivity index is 3.38. The maximum Gasteiger partial charge on any atom is 0.298 e. The van der Waals surface area contributed by atoms with Crippen molar-refractivity contribution >= 4 is 27.3 Å². The van der Waals surface area contributed by atoms with Gasteiger partial charge >= 0.3 is 0 Å². The van der Waals surface area contributed by atoms with Gasteiger partial charge < -0.3 is 5.73 Å². The van der Waals surface area contributed by atoms with Crippen LogP contribution in [-0.4, -0.2) is 9.91 Å². The third-order valence-corrected chi connectivity index (χ3v) is 2.20. The summed E-state index contributed by atoms with van der Waals surface area (Å²) in [5, 5.41) is 10.6. The van der Waals surface area contributed by atoms with Gasteiger partial charge in [0.2, 0.25) is 0 Å². The Bertz CT molecular complexity index is 400. The van der Waals surface area contributed by atoms with Gasteiger partial charge in [-0.15, -0.1) is 0 Å². The molecule has 82 valence electrons. The molecule has 0 aliphatic heterocycles. The third kappa shape index (κ3) is 2.38. The van der Waals surface area contributed by atoms with E-state index in [1.807, 2.05) is 0 Å². The van der Waals surface area contributed by atoms with Gasteiger partial charge in [0.15, 0.2) is 5.69 Å². The lowest BCUT2D eigenvalue weighted by molar-refractivity contribution is -0.386. The number of nitro groups is 1. The van der Waals surface area contributed by atoms with Crippen LogP contribution in [0.15, 0.2) is 6.07 Å². The molecule has 8 heteroatoms. The Hall–Kier alpha value is -1.31. The molecule has 5 nitrogen and oxygen atoms in total. The van der Waals surface area contributed by atoms with E-state index in [4.69, 9.17) is 5.73 Å². The van der Waals surface area contributed by atoms with E-state index in [-0.39, 0.29) is 16.7 Å². The number of pyridine rings is 1. The number of nitrogens with two attached hydrogens (primary N) is 1. The number of hydrogen-bond donors (Lipinski definition) is 1. The molecule has 0 unspecified atom stereocenters. The van der Waals surface area contributed by atoms with Gasteiger partial charge in [0.25, 0.3) is 12.1 Å². The van der Waals surface area contributed by atoms with E-state index < -0.39 is 22.7 Å². The summed E-state index contributed by atoms with van der Waals surface area (Å²) in [6.45, 7) is 0. The van der Waals surface area contributed by atoms with Crippen LogP contribution < -0.4 is 5.73 Å². The summed E-state index contributed by atoms with van der Waals surface area (Å²) < 4.78 is 24.8. The quantitative estimate of drug-likeness (QED) is 0.524. The molecule has 1 aromatic heterocycles. The highest BCUT2D eigenvalue weighted by Crippen LogP contribution is 2.30. The highest BCUT2D eigenvalue weighted by molar-refractivity contribution is 9.08. The largest absolute Gasteiger partial charge is 0.397 e. The van der Waals surface area contributed by atoms with Crippen LogP contribution in [0.1, 0.15) is 17.8 Å². The van der Waals surface area contributed by atoms with Crippen molar-refractivity contribution in [3.63, 3.8) is 0 Å². The second-order valence-corrected chi connectivity index (χ2v) is 3.18.